The molecule has 0 aliphatic rings. The summed E-state index contributed by atoms with van der Waals surface area (Å²) in [6.45, 7) is 4.31. The molecule has 0 radical (unpaired) electrons. The van der Waals surface area contributed by atoms with Gasteiger partial charge < -0.3 is 5.73 Å². The molecule has 106 valence electrons. The van der Waals surface area contributed by atoms with Gasteiger partial charge in [0.05, 0.1) is 9.26 Å². The monoisotopic (exact) mass is 465 g/mol. The number of nitrogens with zero attached hydrogens (tertiary/aromatic N) is 2. The summed E-state index contributed by atoms with van der Waals surface area (Å²) >= 11 is 11.8. The standard InChI is InChI=1S/C14H14BrClIN3/c1-7(2)5-11-12(17)13(18)20-14(19-11)9-6-8(16)3-4-10(9)15/h3-4,6-7H,5H2,1-2H3,(H2,18,19,20). The van der Waals surface area contributed by atoms with Gasteiger partial charge >= 0.3 is 0 Å². The average molecular weight is 467 g/mol. The fourth-order valence-electron chi connectivity index (χ4n) is 1.82. The Morgan fingerprint density at radius 1 is 1.35 bits per heavy atom. The summed E-state index contributed by atoms with van der Waals surface area (Å²) in [4.78, 5) is 9.04. The van der Waals surface area contributed by atoms with Crippen molar-refractivity contribution in [2.24, 2.45) is 5.92 Å². The molecule has 6 heteroatoms. The van der Waals surface area contributed by atoms with E-state index in [2.05, 4.69) is 62.3 Å². The van der Waals surface area contributed by atoms with Crippen molar-refractivity contribution in [3.8, 4) is 11.4 Å². The molecule has 0 atom stereocenters. The van der Waals surface area contributed by atoms with Crippen molar-refractivity contribution >= 4 is 55.9 Å². The van der Waals surface area contributed by atoms with Crippen LogP contribution in [0.2, 0.25) is 5.02 Å². The second-order valence-corrected chi connectivity index (χ2v) is 7.28. The van der Waals surface area contributed by atoms with Crippen molar-refractivity contribution in [3.05, 3.63) is 37.0 Å². The Bertz CT molecular complexity index is 647. The van der Waals surface area contributed by atoms with Gasteiger partial charge in [0.2, 0.25) is 0 Å². The average Bonchev–Trinajstić information content (AvgIpc) is 2.37. The first-order valence-corrected chi connectivity index (χ1v) is 8.40. The number of hydrogen-bond acceptors (Lipinski definition) is 3. The Morgan fingerprint density at radius 2 is 2.05 bits per heavy atom. The third-order valence-electron chi connectivity index (χ3n) is 2.72. The van der Waals surface area contributed by atoms with Gasteiger partial charge in [0.15, 0.2) is 5.82 Å². The molecule has 0 fully saturated rings. The number of anilines is 1. The zero-order valence-electron chi connectivity index (χ0n) is 11.1. The first kappa shape index (κ1) is 16.0. The second kappa shape index (κ2) is 6.58. The lowest BCUT2D eigenvalue weighted by Crippen LogP contribution is -2.07. The van der Waals surface area contributed by atoms with E-state index in [9.17, 15) is 0 Å². The van der Waals surface area contributed by atoms with Crippen LogP contribution < -0.4 is 5.73 Å². The van der Waals surface area contributed by atoms with Crippen LogP contribution in [-0.4, -0.2) is 9.97 Å². The first-order valence-electron chi connectivity index (χ1n) is 6.15. The maximum absolute atomic E-state index is 6.05. The molecular weight excluding hydrogens is 452 g/mol. The molecule has 2 rings (SSSR count). The molecule has 2 aromatic rings. The van der Waals surface area contributed by atoms with Crippen LogP contribution in [0.5, 0.6) is 0 Å². The number of halogens is 3. The van der Waals surface area contributed by atoms with E-state index in [1.165, 1.54) is 0 Å². The highest BCUT2D eigenvalue weighted by atomic mass is 127. The zero-order valence-corrected chi connectivity index (χ0v) is 15.6. The molecule has 0 saturated heterocycles. The lowest BCUT2D eigenvalue weighted by Gasteiger charge is -2.12. The third-order valence-corrected chi connectivity index (χ3v) is 4.82. The minimum atomic E-state index is 0.508. The van der Waals surface area contributed by atoms with Crippen LogP contribution in [-0.2, 0) is 6.42 Å². The zero-order chi connectivity index (χ0) is 14.9. The molecule has 0 unspecified atom stereocenters. The van der Waals surface area contributed by atoms with E-state index in [0.29, 0.717) is 22.6 Å². The van der Waals surface area contributed by atoms with Gasteiger partial charge in [-0.1, -0.05) is 41.4 Å². The summed E-state index contributed by atoms with van der Waals surface area (Å²) in [6.07, 6.45) is 0.871. The topological polar surface area (TPSA) is 51.8 Å². The van der Waals surface area contributed by atoms with Gasteiger partial charge in [0.25, 0.3) is 0 Å². The van der Waals surface area contributed by atoms with Crippen molar-refractivity contribution in [1.29, 1.82) is 0 Å². The van der Waals surface area contributed by atoms with Gasteiger partial charge in [0.1, 0.15) is 5.82 Å². The van der Waals surface area contributed by atoms with E-state index in [-0.39, 0.29) is 0 Å². The van der Waals surface area contributed by atoms with E-state index in [1.54, 1.807) is 0 Å². The van der Waals surface area contributed by atoms with Crippen LogP contribution in [0.1, 0.15) is 19.5 Å². The molecule has 0 aliphatic heterocycles. The van der Waals surface area contributed by atoms with Gasteiger partial charge in [-0.05, 0) is 53.1 Å². The Morgan fingerprint density at radius 3 is 2.70 bits per heavy atom. The van der Waals surface area contributed by atoms with Gasteiger partial charge in [-0.3, -0.25) is 0 Å². The summed E-state index contributed by atoms with van der Waals surface area (Å²) in [5, 5.41) is 0.648. The Hall–Kier alpha value is -0.400. The third kappa shape index (κ3) is 3.62. The molecule has 20 heavy (non-hydrogen) atoms. The number of nitrogen functional groups attached to an aromatic ring is 1. The van der Waals surface area contributed by atoms with Crippen molar-refractivity contribution < 1.29 is 0 Å². The molecular formula is C14H14BrClIN3. The largest absolute Gasteiger partial charge is 0.383 e. The van der Waals surface area contributed by atoms with Crippen LogP contribution >= 0.6 is 50.1 Å². The van der Waals surface area contributed by atoms with E-state index in [1.807, 2.05) is 18.2 Å². The summed E-state index contributed by atoms with van der Waals surface area (Å²) < 4.78 is 1.83. The predicted octanol–water partition coefficient (Wildman–Crippen LogP) is 4.94. The molecule has 0 aliphatic carbocycles. The van der Waals surface area contributed by atoms with Crippen molar-refractivity contribution in [3.63, 3.8) is 0 Å². The maximum Gasteiger partial charge on any atom is 0.163 e. The summed E-state index contributed by atoms with van der Waals surface area (Å²) in [6, 6.07) is 5.55. The minimum Gasteiger partial charge on any atom is -0.383 e. The molecule has 2 N–H and O–H groups in total. The van der Waals surface area contributed by atoms with Gasteiger partial charge in [-0.25, -0.2) is 9.97 Å². The smallest absolute Gasteiger partial charge is 0.163 e. The van der Waals surface area contributed by atoms with Crippen LogP contribution in [0.15, 0.2) is 22.7 Å². The quantitative estimate of drug-likeness (QED) is 0.652. The lowest BCUT2D eigenvalue weighted by molar-refractivity contribution is 0.632. The molecule has 3 nitrogen and oxygen atoms in total. The highest BCUT2D eigenvalue weighted by Gasteiger charge is 2.14. The fraction of sp³-hybridized carbons (Fsp3) is 0.286. The fourth-order valence-corrected chi connectivity index (χ4v) is 2.88. The number of nitrogens with two attached hydrogens (primary N) is 1. The summed E-state index contributed by atoms with van der Waals surface area (Å²) in [7, 11) is 0. The molecule has 1 heterocycles. The predicted molar refractivity (Wildman–Crippen MR) is 95.8 cm³/mol. The summed E-state index contributed by atoms with van der Waals surface area (Å²) in [5.74, 6) is 1.62. The Kier molecular flexibility index (Phi) is 5.25. The number of hydrogen-bond donors (Lipinski definition) is 1. The van der Waals surface area contributed by atoms with Crippen molar-refractivity contribution in [1.82, 2.24) is 9.97 Å². The Labute approximate surface area is 145 Å². The Balaban J connectivity index is 2.57. The van der Waals surface area contributed by atoms with Crippen molar-refractivity contribution in [2.45, 2.75) is 20.3 Å². The maximum atomic E-state index is 6.05. The summed E-state index contributed by atoms with van der Waals surface area (Å²) in [5.41, 5.74) is 7.85. The highest BCUT2D eigenvalue weighted by molar-refractivity contribution is 14.1. The van der Waals surface area contributed by atoms with E-state index in [0.717, 1.165) is 25.7 Å². The van der Waals surface area contributed by atoms with Gasteiger partial charge in [-0.15, -0.1) is 0 Å². The van der Waals surface area contributed by atoms with E-state index < -0.39 is 0 Å². The van der Waals surface area contributed by atoms with E-state index in [4.69, 9.17) is 17.3 Å². The number of rotatable bonds is 3. The van der Waals surface area contributed by atoms with Crippen molar-refractivity contribution in [2.75, 3.05) is 5.73 Å². The van der Waals surface area contributed by atoms with Crippen LogP contribution in [0.4, 0.5) is 5.82 Å². The van der Waals surface area contributed by atoms with E-state index >= 15 is 0 Å². The normalized spacial score (nSPS) is 11.1. The molecule has 1 aromatic heterocycles. The molecule has 0 amide bonds. The highest BCUT2D eigenvalue weighted by Crippen LogP contribution is 2.31. The minimum absolute atomic E-state index is 0.508. The SMILES string of the molecule is CC(C)Cc1nc(-c2cc(Cl)ccc2Br)nc(N)c1I. The molecule has 0 spiro atoms. The van der Waals surface area contributed by atoms with Crippen LogP contribution in [0, 0.1) is 9.49 Å². The molecule has 0 saturated carbocycles. The lowest BCUT2D eigenvalue weighted by atomic mass is 10.1. The first-order chi connectivity index (χ1) is 9.38. The molecule has 0 bridgehead atoms. The van der Waals surface area contributed by atoms with Gasteiger partial charge in [-0.2, -0.15) is 0 Å². The van der Waals surface area contributed by atoms with Crippen LogP contribution in [0.25, 0.3) is 11.4 Å². The molecule has 1 aromatic carbocycles. The van der Waals surface area contributed by atoms with Crippen LogP contribution in [0.3, 0.4) is 0 Å². The number of aromatic nitrogens is 2. The second-order valence-electron chi connectivity index (χ2n) is 4.92. The van der Waals surface area contributed by atoms with Gasteiger partial charge in [0, 0.05) is 15.1 Å². The number of benzene rings is 1.